The van der Waals surface area contributed by atoms with Gasteiger partial charge in [0.1, 0.15) is 0 Å². The Balaban J connectivity index is 2.58. The quantitative estimate of drug-likeness (QED) is 0.683. The van der Waals surface area contributed by atoms with Crippen LogP contribution in [-0.4, -0.2) is 19.4 Å². The van der Waals surface area contributed by atoms with Gasteiger partial charge >= 0.3 is 0 Å². The monoisotopic (exact) mass is 231 g/mol. The molecule has 0 saturated heterocycles. The normalized spacial score (nSPS) is 15.8. The number of Topliss-reactive ketones (excluding diaryl/α,β-unsaturated/α-hetero) is 1. The van der Waals surface area contributed by atoms with Crippen molar-refractivity contribution >= 4 is 38.7 Å². The number of anilines is 1. The lowest BCUT2D eigenvalue weighted by Gasteiger charge is -2.06. The largest absolute Gasteiger partial charge is 0.366 e. The van der Waals surface area contributed by atoms with E-state index in [1.165, 1.54) is 11.3 Å². The second-order valence-electron chi connectivity index (χ2n) is 2.54. The zero-order valence-corrected chi connectivity index (χ0v) is 8.33. The van der Waals surface area contributed by atoms with Crippen LogP contribution < -0.4 is 4.90 Å². The van der Waals surface area contributed by atoms with Crippen molar-refractivity contribution in [1.82, 2.24) is 0 Å². The molecule has 0 amide bonds. The number of ketones is 1. The molecule has 0 atom stereocenters. The average Bonchev–Trinajstić information content (AvgIpc) is 2.38. The minimum Gasteiger partial charge on any atom is -0.366 e. The molecule has 0 N–H and O–H groups in total. The summed E-state index contributed by atoms with van der Waals surface area (Å²) in [5.74, 6) is 0.234. The summed E-state index contributed by atoms with van der Waals surface area (Å²) in [7, 11) is 1.93. The molecule has 0 aliphatic carbocycles. The van der Waals surface area contributed by atoms with E-state index in [9.17, 15) is 4.79 Å². The van der Waals surface area contributed by atoms with Gasteiger partial charge in [-0.1, -0.05) is 0 Å². The molecule has 0 radical (unpaired) electrons. The highest BCUT2D eigenvalue weighted by molar-refractivity contribution is 9.11. The van der Waals surface area contributed by atoms with Crippen molar-refractivity contribution < 1.29 is 4.79 Å². The molecule has 4 heteroatoms. The highest BCUT2D eigenvalue weighted by Gasteiger charge is 2.26. The van der Waals surface area contributed by atoms with Gasteiger partial charge in [-0.3, -0.25) is 4.79 Å². The van der Waals surface area contributed by atoms with Crippen LogP contribution in [0.1, 0.15) is 9.67 Å². The second-order valence-corrected chi connectivity index (χ2v) is 4.98. The fourth-order valence-corrected chi connectivity index (χ4v) is 2.77. The van der Waals surface area contributed by atoms with E-state index in [1.807, 2.05) is 18.0 Å². The molecular weight excluding hydrogens is 226 g/mol. The number of carbonyl (C=O) groups excluding carboxylic acids is 1. The Kier molecular flexibility index (Phi) is 1.54. The van der Waals surface area contributed by atoms with Gasteiger partial charge in [0.2, 0.25) is 0 Å². The van der Waals surface area contributed by atoms with E-state index in [0.29, 0.717) is 6.54 Å². The number of carbonyl (C=O) groups is 1. The topological polar surface area (TPSA) is 20.3 Å². The van der Waals surface area contributed by atoms with Gasteiger partial charge in [-0.15, -0.1) is 11.3 Å². The van der Waals surface area contributed by atoms with Crippen LogP contribution in [-0.2, 0) is 0 Å². The molecular formula is C7H6BrNOS. The average molecular weight is 232 g/mol. The van der Waals surface area contributed by atoms with Gasteiger partial charge in [0, 0.05) is 7.05 Å². The molecule has 0 fully saturated rings. The summed E-state index contributed by atoms with van der Waals surface area (Å²) >= 11 is 4.87. The molecule has 11 heavy (non-hydrogen) atoms. The van der Waals surface area contributed by atoms with Gasteiger partial charge in [-0.25, -0.2) is 0 Å². The number of fused-ring (bicyclic) bond motifs is 1. The highest BCUT2D eigenvalue weighted by atomic mass is 79.9. The number of halogens is 1. The summed E-state index contributed by atoms with van der Waals surface area (Å²) in [6, 6.07) is 1.99. The van der Waals surface area contributed by atoms with Crippen molar-refractivity contribution in [1.29, 1.82) is 0 Å². The maximum atomic E-state index is 11.2. The van der Waals surface area contributed by atoms with Crippen molar-refractivity contribution in [2.45, 2.75) is 0 Å². The van der Waals surface area contributed by atoms with Gasteiger partial charge < -0.3 is 4.90 Å². The third-order valence-corrected chi connectivity index (χ3v) is 3.40. The number of hydrogen-bond acceptors (Lipinski definition) is 3. The Bertz CT molecular complexity index is 320. The van der Waals surface area contributed by atoms with Crippen LogP contribution in [0.4, 0.5) is 5.69 Å². The molecule has 2 nitrogen and oxygen atoms in total. The van der Waals surface area contributed by atoms with E-state index < -0.39 is 0 Å². The molecule has 58 valence electrons. The predicted octanol–water partition coefficient (Wildman–Crippen LogP) is 2.14. The molecule has 2 rings (SSSR count). The molecule has 0 spiro atoms. The highest BCUT2D eigenvalue weighted by Crippen LogP contribution is 2.37. The minimum absolute atomic E-state index is 0.234. The van der Waals surface area contributed by atoms with E-state index in [-0.39, 0.29) is 5.78 Å². The van der Waals surface area contributed by atoms with Crippen LogP contribution >= 0.6 is 27.3 Å². The molecule has 1 aliphatic heterocycles. The maximum absolute atomic E-state index is 11.2. The molecule has 1 aromatic heterocycles. The molecule has 1 aromatic rings. The first-order valence-electron chi connectivity index (χ1n) is 3.22. The summed E-state index contributed by atoms with van der Waals surface area (Å²) in [4.78, 5) is 14.1. The van der Waals surface area contributed by atoms with E-state index in [1.54, 1.807) is 0 Å². The van der Waals surface area contributed by atoms with E-state index >= 15 is 0 Å². The molecule has 2 heterocycles. The molecule has 0 aromatic carbocycles. The lowest BCUT2D eigenvalue weighted by molar-refractivity contribution is 0.101. The van der Waals surface area contributed by atoms with Crippen LogP contribution in [0.3, 0.4) is 0 Å². The van der Waals surface area contributed by atoms with E-state index in [0.717, 1.165) is 14.4 Å². The van der Waals surface area contributed by atoms with Crippen LogP contribution in [0.25, 0.3) is 0 Å². The van der Waals surface area contributed by atoms with E-state index in [4.69, 9.17) is 0 Å². The Morgan fingerprint density at radius 3 is 3.09 bits per heavy atom. The van der Waals surface area contributed by atoms with Crippen molar-refractivity contribution in [2.24, 2.45) is 0 Å². The lowest BCUT2D eigenvalue weighted by atomic mass is 10.4. The number of nitrogens with zero attached hydrogens (tertiary/aromatic N) is 1. The Hall–Kier alpha value is -0.350. The fourth-order valence-electron chi connectivity index (χ4n) is 1.21. The van der Waals surface area contributed by atoms with Gasteiger partial charge in [0.15, 0.2) is 5.78 Å². The van der Waals surface area contributed by atoms with E-state index in [2.05, 4.69) is 15.9 Å². The third-order valence-electron chi connectivity index (χ3n) is 1.73. The summed E-state index contributed by atoms with van der Waals surface area (Å²) in [5, 5.41) is 0. The first-order valence-corrected chi connectivity index (χ1v) is 4.83. The van der Waals surface area contributed by atoms with Crippen LogP contribution in [0.2, 0.25) is 0 Å². The fraction of sp³-hybridized carbons (Fsp3) is 0.286. The molecule has 0 saturated carbocycles. The first-order chi connectivity index (χ1) is 5.18. The minimum atomic E-state index is 0.234. The van der Waals surface area contributed by atoms with Crippen molar-refractivity contribution in [2.75, 3.05) is 18.5 Å². The molecule has 0 bridgehead atoms. The number of likely N-dealkylation sites (N-methyl/N-ethyl adjacent to an activating group) is 1. The van der Waals surface area contributed by atoms with Crippen LogP contribution in [0, 0.1) is 0 Å². The van der Waals surface area contributed by atoms with Gasteiger partial charge in [-0.05, 0) is 22.0 Å². The van der Waals surface area contributed by atoms with Crippen LogP contribution in [0.5, 0.6) is 0 Å². The van der Waals surface area contributed by atoms with Crippen molar-refractivity contribution in [3.63, 3.8) is 0 Å². The number of thiophene rings is 1. The van der Waals surface area contributed by atoms with Crippen molar-refractivity contribution in [3.05, 3.63) is 14.7 Å². The Morgan fingerprint density at radius 2 is 2.45 bits per heavy atom. The van der Waals surface area contributed by atoms with Gasteiger partial charge in [0.05, 0.1) is 20.9 Å². The zero-order chi connectivity index (χ0) is 8.01. The molecule has 0 unspecified atom stereocenters. The summed E-state index contributed by atoms with van der Waals surface area (Å²) < 4.78 is 1.03. The molecule has 1 aliphatic rings. The Labute approximate surface area is 76.9 Å². The van der Waals surface area contributed by atoms with Gasteiger partial charge in [-0.2, -0.15) is 0 Å². The third kappa shape index (κ3) is 1.01. The smallest absolute Gasteiger partial charge is 0.194 e. The van der Waals surface area contributed by atoms with Crippen LogP contribution in [0.15, 0.2) is 9.85 Å². The Morgan fingerprint density at radius 1 is 1.73 bits per heavy atom. The zero-order valence-electron chi connectivity index (χ0n) is 5.93. The number of rotatable bonds is 0. The standard InChI is InChI=1S/C7H6BrNOS/c1-9-3-5(10)7-4(9)2-6(8)11-7/h2H,3H2,1H3. The van der Waals surface area contributed by atoms with Crippen molar-refractivity contribution in [3.8, 4) is 0 Å². The first kappa shape index (κ1) is 7.31. The van der Waals surface area contributed by atoms with Gasteiger partial charge in [0.25, 0.3) is 0 Å². The number of hydrogen-bond donors (Lipinski definition) is 0. The SMILES string of the molecule is CN1CC(=O)c2sc(Br)cc21. The summed E-state index contributed by atoms with van der Waals surface area (Å²) in [6.07, 6.45) is 0. The maximum Gasteiger partial charge on any atom is 0.194 e. The predicted molar refractivity (Wildman–Crippen MR) is 49.6 cm³/mol. The summed E-state index contributed by atoms with van der Waals surface area (Å²) in [5.41, 5.74) is 1.06. The lowest BCUT2D eigenvalue weighted by Crippen LogP contribution is -2.15. The summed E-state index contributed by atoms with van der Waals surface area (Å²) in [6.45, 7) is 0.536. The second kappa shape index (κ2) is 2.32.